The molecule has 0 aromatic carbocycles. The number of unbranched alkanes of at least 4 members (excludes halogenated alkanes) is 24. The monoisotopic (exact) mass is 733 g/mol. The first kappa shape index (κ1) is 61.5. The summed E-state index contributed by atoms with van der Waals surface area (Å²) in [5.74, 6) is -3.65. The van der Waals surface area contributed by atoms with E-state index in [1.807, 2.05) is 0 Å². The van der Waals surface area contributed by atoms with Crippen molar-refractivity contribution in [3.63, 3.8) is 0 Å². The van der Waals surface area contributed by atoms with Crippen LogP contribution in [0.4, 0.5) is 0 Å². The normalized spacial score (nSPS) is 9.68. The summed E-state index contributed by atoms with van der Waals surface area (Å²) < 4.78 is 0. The zero-order valence-corrected chi connectivity index (χ0v) is 36.1. The van der Waals surface area contributed by atoms with Crippen molar-refractivity contribution in [1.29, 1.82) is 0 Å². The maximum Gasteiger partial charge on any atom is 2.00 e. The van der Waals surface area contributed by atoms with Crippen molar-refractivity contribution in [3.05, 3.63) is 0 Å². The number of rotatable bonds is 32. The first-order valence-electron chi connectivity index (χ1n) is 19.9. The molecule has 0 radical (unpaired) electrons. The molecule has 0 aliphatic carbocycles. The quantitative estimate of drug-likeness (QED) is 0.0542. The molecule has 0 bridgehead atoms. The maximum absolute atomic E-state index is 10.0. The first-order chi connectivity index (χ1) is 23.1. The van der Waals surface area contributed by atoms with Crippen LogP contribution in [0.15, 0.2) is 0 Å². The third-order valence-electron chi connectivity index (χ3n) is 7.94. The molecule has 8 nitrogen and oxygen atoms in total. The van der Waals surface area contributed by atoms with Gasteiger partial charge in [-0.15, -0.1) is 0 Å². The molecular weight excluding hydrogens is 657 g/mol. The van der Waals surface area contributed by atoms with Crippen molar-refractivity contribution in [2.24, 2.45) is 0 Å². The number of carboxylic acid groups (broad SMARTS) is 4. The molecule has 0 N–H and O–H groups in total. The fraction of sp³-hybridized carbons (Fsp3) is 0.900. The van der Waals surface area contributed by atoms with Gasteiger partial charge in [0, 0.05) is 23.9 Å². The molecule has 10 heteroatoms. The summed E-state index contributed by atoms with van der Waals surface area (Å²) in [4.78, 5) is 40.1. The molecule has 50 heavy (non-hydrogen) atoms. The van der Waals surface area contributed by atoms with Crippen LogP contribution < -0.4 is 20.4 Å². The Balaban J connectivity index is -0.000000127. The molecule has 0 aliphatic heterocycles. The Labute approximate surface area is 340 Å². The Kier molecular flexibility index (Phi) is 71.0. The smallest absolute Gasteiger partial charge is 0.550 e. The molecule has 0 saturated carbocycles. The van der Waals surface area contributed by atoms with Gasteiger partial charge in [0.2, 0.25) is 0 Å². The van der Waals surface area contributed by atoms with Gasteiger partial charge < -0.3 is 39.6 Å². The molecule has 0 heterocycles. The Morgan fingerprint density at radius 1 is 0.260 bits per heavy atom. The van der Waals surface area contributed by atoms with Crippen LogP contribution >= 0.6 is 0 Å². The van der Waals surface area contributed by atoms with Gasteiger partial charge in [-0.3, -0.25) is 0 Å². The minimum Gasteiger partial charge on any atom is -0.550 e. The van der Waals surface area contributed by atoms with Gasteiger partial charge in [-0.05, 0) is 51.4 Å². The fourth-order valence-corrected chi connectivity index (χ4v) is 4.91. The zero-order valence-electron chi connectivity index (χ0n) is 33.3. The van der Waals surface area contributed by atoms with Crippen molar-refractivity contribution in [1.82, 2.24) is 0 Å². The summed E-state index contributed by atoms with van der Waals surface area (Å²) in [7, 11) is 0. The van der Waals surface area contributed by atoms with Crippen LogP contribution in [0.2, 0.25) is 0 Å². The molecule has 0 atom stereocenters. The molecule has 288 valence electrons. The Hall–Kier alpha value is -0.588. The summed E-state index contributed by atoms with van der Waals surface area (Å²) in [6.07, 6.45) is 33.4. The Morgan fingerprint density at radius 3 is 0.500 bits per heavy atom. The topological polar surface area (TPSA) is 161 Å². The largest absolute Gasteiger partial charge is 2.00 e. The number of hydrogen-bond donors (Lipinski definition) is 0. The van der Waals surface area contributed by atoms with Crippen molar-refractivity contribution in [3.8, 4) is 0 Å². The number of carbonyl (C=O) groups excluding carboxylic acids is 4. The second-order valence-electron chi connectivity index (χ2n) is 13.0. The molecule has 0 fully saturated rings. The summed E-state index contributed by atoms with van der Waals surface area (Å²) in [6.45, 7) is 8.76. The zero-order chi connectivity index (χ0) is 36.9. The predicted molar refractivity (Wildman–Crippen MR) is 202 cm³/mol. The molecular formula is C40H76Mg2O8. The van der Waals surface area contributed by atoms with Crippen LogP contribution in [0.25, 0.3) is 0 Å². The minimum absolute atomic E-state index is 0. The van der Waals surface area contributed by atoms with E-state index in [1.165, 1.54) is 128 Å². The van der Waals surface area contributed by atoms with E-state index in [9.17, 15) is 39.6 Å². The van der Waals surface area contributed by atoms with Crippen LogP contribution in [-0.2, 0) is 19.2 Å². The van der Waals surface area contributed by atoms with Gasteiger partial charge in [-0.2, -0.15) is 0 Å². The van der Waals surface area contributed by atoms with E-state index in [-0.39, 0.29) is 71.8 Å². The molecule has 0 aromatic heterocycles. The molecule has 0 rings (SSSR count). The number of carbonyl (C=O) groups is 4. The van der Waals surface area contributed by atoms with Crippen LogP contribution in [0.1, 0.15) is 233 Å². The molecule has 0 aromatic rings. The van der Waals surface area contributed by atoms with Gasteiger partial charge in [0.15, 0.2) is 0 Å². The molecule has 0 saturated heterocycles. The molecule has 0 spiro atoms. The van der Waals surface area contributed by atoms with Crippen molar-refractivity contribution >= 4 is 70.0 Å². The van der Waals surface area contributed by atoms with Gasteiger partial charge in [0.05, 0.1) is 0 Å². The number of hydrogen-bond acceptors (Lipinski definition) is 8. The van der Waals surface area contributed by atoms with Crippen LogP contribution in [0.5, 0.6) is 0 Å². The molecule has 0 unspecified atom stereocenters. The van der Waals surface area contributed by atoms with Gasteiger partial charge in [-0.1, -0.05) is 182 Å². The average molecular weight is 734 g/mol. The van der Waals surface area contributed by atoms with Crippen LogP contribution in [-0.4, -0.2) is 70.0 Å². The Bertz CT molecular complexity index is 566. The van der Waals surface area contributed by atoms with E-state index >= 15 is 0 Å². The van der Waals surface area contributed by atoms with Gasteiger partial charge >= 0.3 is 46.1 Å². The second-order valence-corrected chi connectivity index (χ2v) is 13.0. The van der Waals surface area contributed by atoms with Gasteiger partial charge in [0.1, 0.15) is 0 Å². The standard InChI is InChI=1S/4C10H20O2.2Mg/c4*1-2-3-4-5-6-7-8-9-10(11)12;;/h4*2-9H2,1H3,(H,11,12);;/q;;;;2*+2/p-4. The van der Waals surface area contributed by atoms with E-state index in [2.05, 4.69) is 27.7 Å². The van der Waals surface area contributed by atoms with E-state index < -0.39 is 23.9 Å². The number of aliphatic carboxylic acids is 4. The maximum atomic E-state index is 10.0. The van der Waals surface area contributed by atoms with E-state index in [4.69, 9.17) is 0 Å². The average Bonchev–Trinajstić information content (AvgIpc) is 3.03. The summed E-state index contributed by atoms with van der Waals surface area (Å²) in [6, 6.07) is 0. The summed E-state index contributed by atoms with van der Waals surface area (Å²) in [5.41, 5.74) is 0. The second kappa shape index (κ2) is 57.7. The molecule has 0 amide bonds. The van der Waals surface area contributed by atoms with Gasteiger partial charge in [0.25, 0.3) is 0 Å². The third-order valence-corrected chi connectivity index (χ3v) is 7.94. The van der Waals surface area contributed by atoms with Crippen molar-refractivity contribution < 1.29 is 39.6 Å². The number of carboxylic acids is 4. The van der Waals surface area contributed by atoms with E-state index in [1.54, 1.807) is 0 Å². The summed E-state index contributed by atoms with van der Waals surface area (Å²) >= 11 is 0. The summed E-state index contributed by atoms with van der Waals surface area (Å²) in [5, 5.41) is 40.1. The first-order valence-corrected chi connectivity index (χ1v) is 19.9. The van der Waals surface area contributed by atoms with Crippen molar-refractivity contribution in [2.75, 3.05) is 0 Å². The van der Waals surface area contributed by atoms with E-state index in [0.29, 0.717) is 0 Å². The van der Waals surface area contributed by atoms with Crippen LogP contribution in [0, 0.1) is 0 Å². The SMILES string of the molecule is CCCCCCCCCC(=O)[O-].CCCCCCCCCC(=O)[O-].CCCCCCCCCC(=O)[O-].CCCCCCCCCC(=O)[O-].[Mg+2].[Mg+2]. The third kappa shape index (κ3) is 81.4. The van der Waals surface area contributed by atoms with Crippen molar-refractivity contribution in [2.45, 2.75) is 233 Å². The minimum atomic E-state index is -0.913. The van der Waals surface area contributed by atoms with E-state index in [0.717, 1.165) is 51.4 Å². The van der Waals surface area contributed by atoms with Crippen LogP contribution in [0.3, 0.4) is 0 Å². The predicted octanol–water partition coefficient (Wildman–Crippen LogP) is 6.75. The fourth-order valence-electron chi connectivity index (χ4n) is 4.91. The Morgan fingerprint density at radius 2 is 0.380 bits per heavy atom. The molecule has 0 aliphatic rings. The van der Waals surface area contributed by atoms with Gasteiger partial charge in [-0.25, -0.2) is 0 Å².